The third-order valence-corrected chi connectivity index (χ3v) is 6.88. The Bertz CT molecular complexity index is 1210. The molecule has 1 aliphatic rings. The number of primary amides is 1. The molecule has 3 heterocycles. The number of nitrogens with zero attached hydrogens (tertiary/aromatic N) is 6. The van der Waals surface area contributed by atoms with E-state index in [1.807, 2.05) is 73.1 Å². The number of carbonyl (C=O) groups is 2. The van der Waals surface area contributed by atoms with Crippen LogP contribution in [0.15, 0.2) is 36.5 Å². The second-order valence-electron chi connectivity index (χ2n) is 8.85. The van der Waals surface area contributed by atoms with Crippen LogP contribution in [0.1, 0.15) is 39.4 Å². The molecular formula is C24H30N8O2S. The number of carbonyl (C=O) groups excluding carboxylic acids is 2. The van der Waals surface area contributed by atoms with E-state index in [-0.39, 0.29) is 23.5 Å². The number of hydrogen-bond acceptors (Lipinski definition) is 9. The topological polar surface area (TPSA) is 121 Å². The Kier molecular flexibility index (Phi) is 7.15. The number of amides is 2. The molecule has 1 aliphatic heterocycles. The summed E-state index contributed by atoms with van der Waals surface area (Å²) >= 11 is 1.27. The molecular weight excluding hydrogens is 464 g/mol. The maximum Gasteiger partial charge on any atom is 0.271 e. The zero-order valence-corrected chi connectivity index (χ0v) is 21.2. The Balaban J connectivity index is 1.51. The van der Waals surface area contributed by atoms with Crippen molar-refractivity contribution in [3.8, 4) is 0 Å². The average molecular weight is 495 g/mol. The predicted molar refractivity (Wildman–Crippen MR) is 139 cm³/mol. The number of likely N-dealkylation sites (tertiary alicyclic amines) is 1. The molecule has 0 radical (unpaired) electrons. The first-order valence-corrected chi connectivity index (χ1v) is 12.2. The lowest BCUT2D eigenvalue weighted by Crippen LogP contribution is -2.49. The van der Waals surface area contributed by atoms with E-state index < -0.39 is 5.91 Å². The summed E-state index contributed by atoms with van der Waals surface area (Å²) in [4.78, 5) is 39.9. The maximum atomic E-state index is 13.2. The van der Waals surface area contributed by atoms with Crippen LogP contribution >= 0.6 is 11.5 Å². The molecule has 0 aliphatic carbocycles. The second kappa shape index (κ2) is 10.3. The summed E-state index contributed by atoms with van der Waals surface area (Å²) < 4.78 is 4.25. The predicted octanol–water partition coefficient (Wildman–Crippen LogP) is 2.89. The van der Waals surface area contributed by atoms with Crippen molar-refractivity contribution < 1.29 is 9.59 Å². The van der Waals surface area contributed by atoms with Crippen LogP contribution in [0.25, 0.3) is 0 Å². The van der Waals surface area contributed by atoms with Crippen LogP contribution in [0.4, 0.5) is 22.3 Å². The number of rotatable bonds is 7. The number of nitrogens with two attached hydrogens (primary N) is 1. The van der Waals surface area contributed by atoms with E-state index in [9.17, 15) is 9.59 Å². The smallest absolute Gasteiger partial charge is 0.271 e. The highest BCUT2D eigenvalue weighted by atomic mass is 32.1. The summed E-state index contributed by atoms with van der Waals surface area (Å²) in [5.41, 5.74) is 8.18. The van der Waals surface area contributed by atoms with E-state index >= 15 is 0 Å². The van der Waals surface area contributed by atoms with Crippen LogP contribution in [-0.2, 0) is 0 Å². The van der Waals surface area contributed by atoms with E-state index in [2.05, 4.69) is 19.7 Å². The van der Waals surface area contributed by atoms with Gasteiger partial charge in [0.15, 0.2) is 11.5 Å². The summed E-state index contributed by atoms with van der Waals surface area (Å²) in [7, 11) is 5.87. The molecule has 0 bridgehead atoms. The molecule has 2 amide bonds. The van der Waals surface area contributed by atoms with Gasteiger partial charge in [-0.05, 0) is 61.6 Å². The van der Waals surface area contributed by atoms with Gasteiger partial charge in [0.25, 0.3) is 11.8 Å². The number of benzene rings is 1. The number of aryl methyl sites for hydroxylation is 1. The van der Waals surface area contributed by atoms with Gasteiger partial charge in [0.1, 0.15) is 10.8 Å². The minimum atomic E-state index is -0.662. The van der Waals surface area contributed by atoms with E-state index in [0.29, 0.717) is 24.5 Å². The van der Waals surface area contributed by atoms with Crippen LogP contribution in [0.3, 0.4) is 0 Å². The molecule has 1 atom stereocenters. The standard InChI is InChI=1S/C24H30N8O2S/c1-15-12-20(35-29-15)28-23-21(22(25)33)26-13-19(27-23)31(4)18-6-5-11-32(14-18)24(34)16-7-9-17(10-8-16)30(2)3/h7-10,12-13,18H,5-6,11,14H2,1-4H3,(H2,25,33)(H,27,28)/t18-/m0/s1. The first-order valence-electron chi connectivity index (χ1n) is 11.4. The highest BCUT2D eigenvalue weighted by molar-refractivity contribution is 7.10. The Labute approximate surface area is 208 Å². The quantitative estimate of drug-likeness (QED) is 0.514. The van der Waals surface area contributed by atoms with Gasteiger partial charge in [0, 0.05) is 51.5 Å². The number of nitrogens with one attached hydrogen (secondary N) is 1. The molecule has 3 N–H and O–H groups in total. The normalized spacial score (nSPS) is 15.5. The number of likely N-dealkylation sites (N-methyl/N-ethyl adjacent to an activating group) is 1. The molecule has 0 unspecified atom stereocenters. The van der Waals surface area contributed by atoms with Gasteiger partial charge in [-0.15, -0.1) is 0 Å². The Morgan fingerprint density at radius 3 is 2.57 bits per heavy atom. The second-order valence-corrected chi connectivity index (χ2v) is 9.65. The van der Waals surface area contributed by atoms with Crippen molar-refractivity contribution in [2.45, 2.75) is 25.8 Å². The van der Waals surface area contributed by atoms with Crippen molar-refractivity contribution in [1.29, 1.82) is 0 Å². The third-order valence-electron chi connectivity index (χ3n) is 6.09. The van der Waals surface area contributed by atoms with Crippen LogP contribution in [-0.4, -0.2) is 71.3 Å². The summed E-state index contributed by atoms with van der Waals surface area (Å²) in [6.45, 7) is 3.17. The summed E-state index contributed by atoms with van der Waals surface area (Å²) in [6, 6.07) is 9.58. The van der Waals surface area contributed by atoms with Crippen molar-refractivity contribution in [1.82, 2.24) is 19.2 Å². The number of aromatic nitrogens is 3. The number of piperidine rings is 1. The first-order chi connectivity index (χ1) is 16.7. The van der Waals surface area contributed by atoms with Gasteiger partial charge in [-0.25, -0.2) is 9.97 Å². The van der Waals surface area contributed by atoms with E-state index in [1.54, 1.807) is 6.20 Å². The molecule has 2 aromatic heterocycles. The molecule has 0 saturated carbocycles. The van der Waals surface area contributed by atoms with E-state index in [1.165, 1.54) is 11.5 Å². The lowest BCUT2D eigenvalue weighted by molar-refractivity contribution is 0.0707. The molecule has 4 rings (SSSR count). The molecule has 10 nitrogen and oxygen atoms in total. The number of hydrogen-bond donors (Lipinski definition) is 2. The fourth-order valence-corrected chi connectivity index (χ4v) is 4.74. The fourth-order valence-electron chi connectivity index (χ4n) is 4.08. The largest absolute Gasteiger partial charge is 0.378 e. The average Bonchev–Trinajstić information content (AvgIpc) is 3.27. The zero-order valence-electron chi connectivity index (χ0n) is 20.4. The molecule has 11 heteroatoms. The molecule has 1 saturated heterocycles. The van der Waals surface area contributed by atoms with Crippen molar-refractivity contribution in [3.63, 3.8) is 0 Å². The van der Waals surface area contributed by atoms with Crippen LogP contribution < -0.4 is 20.9 Å². The lowest BCUT2D eigenvalue weighted by Gasteiger charge is -2.38. The van der Waals surface area contributed by atoms with Crippen molar-refractivity contribution in [2.75, 3.05) is 49.3 Å². The fraction of sp³-hybridized carbons (Fsp3) is 0.375. The number of anilines is 4. The van der Waals surface area contributed by atoms with Gasteiger partial charge in [-0.2, -0.15) is 4.37 Å². The van der Waals surface area contributed by atoms with E-state index in [0.717, 1.165) is 29.2 Å². The van der Waals surface area contributed by atoms with Crippen LogP contribution in [0.5, 0.6) is 0 Å². The van der Waals surface area contributed by atoms with E-state index in [4.69, 9.17) is 5.73 Å². The van der Waals surface area contributed by atoms with Crippen molar-refractivity contribution in [3.05, 3.63) is 53.5 Å². The van der Waals surface area contributed by atoms with Gasteiger partial charge in [0.2, 0.25) is 0 Å². The van der Waals surface area contributed by atoms with Crippen LogP contribution in [0.2, 0.25) is 0 Å². The highest BCUT2D eigenvalue weighted by Crippen LogP contribution is 2.26. The minimum absolute atomic E-state index is 0.0199. The van der Waals surface area contributed by atoms with Gasteiger partial charge in [0.05, 0.1) is 11.9 Å². The minimum Gasteiger partial charge on any atom is -0.378 e. The molecule has 1 aromatic carbocycles. The van der Waals surface area contributed by atoms with Gasteiger partial charge in [-0.1, -0.05) is 0 Å². The third kappa shape index (κ3) is 5.51. The van der Waals surface area contributed by atoms with Crippen molar-refractivity contribution in [2.24, 2.45) is 5.73 Å². The Morgan fingerprint density at radius 2 is 1.94 bits per heavy atom. The molecule has 1 fully saturated rings. The summed E-state index contributed by atoms with van der Waals surface area (Å²) in [6.07, 6.45) is 3.34. The Hall–Kier alpha value is -3.73. The zero-order chi connectivity index (χ0) is 25.1. The first kappa shape index (κ1) is 24.4. The van der Waals surface area contributed by atoms with Crippen molar-refractivity contribution >= 4 is 45.7 Å². The van der Waals surface area contributed by atoms with Gasteiger partial charge < -0.3 is 25.8 Å². The molecule has 184 valence electrons. The summed E-state index contributed by atoms with van der Waals surface area (Å²) in [5.74, 6) is 0.236. The monoisotopic (exact) mass is 494 g/mol. The summed E-state index contributed by atoms with van der Waals surface area (Å²) in [5, 5.41) is 3.87. The van der Waals surface area contributed by atoms with Gasteiger partial charge >= 0.3 is 0 Å². The van der Waals surface area contributed by atoms with Crippen LogP contribution in [0, 0.1) is 6.92 Å². The van der Waals surface area contributed by atoms with Gasteiger partial charge in [-0.3, -0.25) is 9.59 Å². The molecule has 35 heavy (non-hydrogen) atoms. The molecule has 0 spiro atoms. The maximum absolute atomic E-state index is 13.2. The SMILES string of the molecule is Cc1cc(Nc2nc(N(C)[C@H]3CCCN(C(=O)c4ccc(N(C)C)cc4)C3)cnc2C(N)=O)sn1. The lowest BCUT2D eigenvalue weighted by atomic mass is 10.0. The Morgan fingerprint density at radius 1 is 1.20 bits per heavy atom. The molecule has 3 aromatic rings. The highest BCUT2D eigenvalue weighted by Gasteiger charge is 2.28.